The molecule has 0 bridgehead atoms. The first kappa shape index (κ1) is 29.2. The minimum Gasteiger partial charge on any atom is -0.512 e. The molecule has 4 nitrogen and oxygen atoms in total. The Morgan fingerprint density at radius 1 is 0.868 bits per heavy atom. The zero-order chi connectivity index (χ0) is 26.5. The maximum Gasteiger partial charge on any atom is 0.194 e. The van der Waals surface area contributed by atoms with Gasteiger partial charge in [0.05, 0.1) is 11.3 Å². The Kier molecular flexibility index (Phi) is 9.90. The number of aliphatic hydroxyl groups excluding tert-OH is 1. The summed E-state index contributed by atoms with van der Waals surface area (Å²) in [6.07, 6.45) is 2.46. The molecule has 0 fully saturated rings. The number of carbonyl (C=O) groups excluding carboxylic acids is 2. The van der Waals surface area contributed by atoms with Crippen molar-refractivity contribution in [2.75, 3.05) is 0 Å². The zero-order valence-corrected chi connectivity index (χ0v) is 24.5. The van der Waals surface area contributed by atoms with E-state index in [2.05, 4.69) is 6.07 Å². The molecule has 1 radical (unpaired) electrons. The second kappa shape index (κ2) is 12.9. The van der Waals surface area contributed by atoms with Crippen molar-refractivity contribution in [1.82, 2.24) is 4.98 Å². The molecule has 5 heteroatoms. The molecule has 0 unspecified atom stereocenters. The number of allylic oxidation sites excluding steroid dienone is 2. The molecule has 0 atom stereocenters. The summed E-state index contributed by atoms with van der Waals surface area (Å²) in [5.74, 6) is 1.06. The second-order valence-electron chi connectivity index (χ2n) is 10.2. The number of aliphatic hydroxyl groups is 1. The van der Waals surface area contributed by atoms with E-state index >= 15 is 0 Å². The first-order valence-electron chi connectivity index (χ1n) is 12.7. The zero-order valence-electron chi connectivity index (χ0n) is 22.1. The number of rotatable bonds is 6. The van der Waals surface area contributed by atoms with Gasteiger partial charge in [0.1, 0.15) is 0 Å². The molecular formula is C33H32IrNO3-. The van der Waals surface area contributed by atoms with Crippen LogP contribution in [0.5, 0.6) is 0 Å². The van der Waals surface area contributed by atoms with E-state index in [-0.39, 0.29) is 37.4 Å². The molecule has 0 saturated heterocycles. The smallest absolute Gasteiger partial charge is 0.194 e. The van der Waals surface area contributed by atoms with Crippen LogP contribution in [0.3, 0.4) is 0 Å². The summed E-state index contributed by atoms with van der Waals surface area (Å²) in [5, 5.41) is 10.3. The van der Waals surface area contributed by atoms with Gasteiger partial charge in [-0.1, -0.05) is 70.2 Å². The maximum absolute atomic E-state index is 13.0. The van der Waals surface area contributed by atoms with Crippen molar-refractivity contribution in [3.8, 4) is 22.4 Å². The normalized spacial score (nSPS) is 12.1. The molecule has 1 N–H and O–H groups in total. The van der Waals surface area contributed by atoms with Crippen molar-refractivity contribution < 1.29 is 34.8 Å². The van der Waals surface area contributed by atoms with E-state index in [0.717, 1.165) is 44.4 Å². The molecule has 0 saturated carbocycles. The number of ketones is 2. The number of carbonyl (C=O) groups is 2. The van der Waals surface area contributed by atoms with Gasteiger partial charge in [-0.05, 0) is 34.7 Å². The van der Waals surface area contributed by atoms with E-state index in [1.807, 2.05) is 100 Å². The van der Waals surface area contributed by atoms with Crippen LogP contribution in [0.25, 0.3) is 33.3 Å². The predicted molar refractivity (Wildman–Crippen MR) is 150 cm³/mol. The molecule has 1 aliphatic rings. The largest absolute Gasteiger partial charge is 0.512 e. The molecule has 1 heterocycles. The van der Waals surface area contributed by atoms with E-state index in [1.165, 1.54) is 6.08 Å². The average Bonchev–Trinajstić information content (AvgIpc) is 3.16. The number of benzene rings is 3. The van der Waals surface area contributed by atoms with Gasteiger partial charge in [0, 0.05) is 55.5 Å². The number of fused-ring (bicyclic) bond motifs is 5. The number of hydrogen-bond donors (Lipinski definition) is 1. The average molecular weight is 683 g/mol. The number of pyridine rings is 1. The summed E-state index contributed by atoms with van der Waals surface area (Å²) in [4.78, 5) is 29.1. The van der Waals surface area contributed by atoms with Gasteiger partial charge in [-0.25, -0.2) is 0 Å². The Labute approximate surface area is 238 Å². The van der Waals surface area contributed by atoms with Crippen LogP contribution in [-0.4, -0.2) is 21.7 Å². The number of para-hydroxylation sites is 1. The SMILES string of the molecule is CC(C)CC(=O)/C=C(\O)CC(C)C.O=C1c2ccccc2-c2c(-c3[c-]cccc3)nc3ccccc3c21.[Ir]. The molecule has 1 aromatic heterocycles. The van der Waals surface area contributed by atoms with Crippen LogP contribution in [0.1, 0.15) is 56.5 Å². The molecule has 197 valence electrons. The van der Waals surface area contributed by atoms with Crippen molar-refractivity contribution in [3.05, 3.63) is 102 Å². The maximum atomic E-state index is 13.0. The summed E-state index contributed by atoms with van der Waals surface area (Å²) in [7, 11) is 0. The van der Waals surface area contributed by atoms with Gasteiger partial charge in [0.15, 0.2) is 11.6 Å². The Morgan fingerprint density at radius 2 is 1.50 bits per heavy atom. The van der Waals surface area contributed by atoms with Gasteiger partial charge in [0.25, 0.3) is 0 Å². The van der Waals surface area contributed by atoms with Gasteiger partial charge >= 0.3 is 0 Å². The van der Waals surface area contributed by atoms with Gasteiger partial charge in [0.2, 0.25) is 0 Å². The summed E-state index contributed by atoms with van der Waals surface area (Å²) in [6.45, 7) is 8.00. The molecule has 0 aliphatic heterocycles. The summed E-state index contributed by atoms with van der Waals surface area (Å²) < 4.78 is 0. The predicted octanol–water partition coefficient (Wildman–Crippen LogP) is 8.00. The minimum atomic E-state index is 0. The molecule has 38 heavy (non-hydrogen) atoms. The van der Waals surface area contributed by atoms with Gasteiger partial charge in [-0.2, -0.15) is 0 Å². The van der Waals surface area contributed by atoms with E-state index in [9.17, 15) is 14.7 Å². The first-order chi connectivity index (χ1) is 17.8. The van der Waals surface area contributed by atoms with Crippen molar-refractivity contribution in [3.63, 3.8) is 0 Å². The third-order valence-electron chi connectivity index (χ3n) is 6.08. The standard InChI is InChI=1S/C22H12NO.C11H20O2.Ir/c24-22-16-11-5-4-10-15(16)19-20(22)17-12-6-7-13-18(17)23-21(19)14-8-2-1-3-9-14;1-8(2)5-10(12)7-11(13)6-9(3)4;/h1-8,10-13H;7-9,12H,5-6H2,1-4H3;/q-1;;/b;10-7-;. The van der Waals surface area contributed by atoms with Crippen LogP contribution in [0.2, 0.25) is 0 Å². The van der Waals surface area contributed by atoms with E-state index in [4.69, 9.17) is 4.98 Å². The molecular weight excluding hydrogens is 651 g/mol. The van der Waals surface area contributed by atoms with Crippen molar-refractivity contribution >= 4 is 22.5 Å². The Bertz CT molecular complexity index is 1470. The van der Waals surface area contributed by atoms with Gasteiger partial charge in [-0.15, -0.1) is 35.9 Å². The van der Waals surface area contributed by atoms with E-state index < -0.39 is 0 Å². The second-order valence-corrected chi connectivity index (χ2v) is 10.2. The third kappa shape index (κ3) is 6.53. The van der Waals surface area contributed by atoms with Crippen molar-refractivity contribution in [2.24, 2.45) is 11.8 Å². The molecule has 0 amide bonds. The molecule has 5 rings (SSSR count). The van der Waals surface area contributed by atoms with E-state index in [0.29, 0.717) is 24.7 Å². The molecule has 0 spiro atoms. The Morgan fingerprint density at radius 3 is 2.16 bits per heavy atom. The summed E-state index contributed by atoms with van der Waals surface area (Å²) >= 11 is 0. The fourth-order valence-electron chi connectivity index (χ4n) is 4.60. The minimum absolute atomic E-state index is 0. The van der Waals surface area contributed by atoms with Crippen LogP contribution in [0.4, 0.5) is 0 Å². The number of aromatic nitrogens is 1. The summed E-state index contributed by atoms with van der Waals surface area (Å²) in [5.41, 5.74) is 5.97. The molecule has 1 aliphatic carbocycles. The van der Waals surface area contributed by atoms with Crippen LogP contribution in [-0.2, 0) is 24.9 Å². The van der Waals surface area contributed by atoms with Gasteiger partial charge < -0.3 is 5.11 Å². The molecule has 4 aromatic rings. The number of hydrogen-bond acceptors (Lipinski definition) is 4. The fourth-order valence-corrected chi connectivity index (χ4v) is 4.60. The van der Waals surface area contributed by atoms with Crippen molar-refractivity contribution in [2.45, 2.75) is 40.5 Å². The Balaban J connectivity index is 0.000000248. The van der Waals surface area contributed by atoms with Crippen LogP contribution >= 0.6 is 0 Å². The topological polar surface area (TPSA) is 67.3 Å². The first-order valence-corrected chi connectivity index (χ1v) is 12.7. The van der Waals surface area contributed by atoms with Crippen molar-refractivity contribution in [1.29, 1.82) is 0 Å². The van der Waals surface area contributed by atoms with Crippen LogP contribution < -0.4 is 0 Å². The van der Waals surface area contributed by atoms with Crippen LogP contribution in [0, 0.1) is 17.9 Å². The quantitative estimate of drug-likeness (QED) is 0.112. The monoisotopic (exact) mass is 683 g/mol. The Hall–Kier alpha value is -3.40. The third-order valence-corrected chi connectivity index (χ3v) is 6.08. The van der Waals surface area contributed by atoms with Gasteiger partial charge in [-0.3, -0.25) is 14.6 Å². The fraction of sp³-hybridized carbons (Fsp3) is 0.242. The summed E-state index contributed by atoms with van der Waals surface area (Å²) in [6, 6.07) is 26.6. The number of nitrogens with zero attached hydrogens (tertiary/aromatic N) is 1. The molecule has 3 aromatic carbocycles. The van der Waals surface area contributed by atoms with E-state index in [1.54, 1.807) is 0 Å². The van der Waals surface area contributed by atoms with Crippen LogP contribution in [0.15, 0.2) is 84.6 Å².